The molecular formula is C34H67O19P. The predicted molar refractivity (Wildman–Crippen MR) is 194 cm³/mol. The van der Waals surface area contributed by atoms with Crippen LogP contribution < -0.4 is 0 Å². The van der Waals surface area contributed by atoms with E-state index in [4.69, 9.17) is 71.0 Å². The van der Waals surface area contributed by atoms with E-state index in [1.807, 2.05) is 13.8 Å². The van der Waals surface area contributed by atoms with E-state index < -0.39 is 38.0 Å². The van der Waals surface area contributed by atoms with Gasteiger partial charge in [-0.1, -0.05) is 0 Å². The first-order chi connectivity index (χ1) is 26.3. The third kappa shape index (κ3) is 38.9. The molecule has 0 amide bonds. The number of carbonyl (C=O) groups is 2. The lowest BCUT2D eigenvalue weighted by Crippen LogP contribution is -2.22. The van der Waals surface area contributed by atoms with Crippen LogP contribution in [0.4, 0.5) is 0 Å². The van der Waals surface area contributed by atoms with Gasteiger partial charge in [0.15, 0.2) is 0 Å². The second-order valence-corrected chi connectivity index (χ2v) is 13.0. The first-order valence-corrected chi connectivity index (χ1v) is 20.3. The molecule has 0 saturated carbocycles. The van der Waals surface area contributed by atoms with Crippen molar-refractivity contribution in [2.24, 2.45) is 5.92 Å². The van der Waals surface area contributed by atoms with E-state index in [1.165, 1.54) is 0 Å². The number of carboxylic acids is 2. The molecule has 0 rings (SSSR count). The third-order valence-electron chi connectivity index (χ3n) is 6.66. The summed E-state index contributed by atoms with van der Waals surface area (Å²) < 4.78 is 89.0. The molecule has 20 heteroatoms. The summed E-state index contributed by atoms with van der Waals surface area (Å²) in [6.07, 6.45) is -1.13. The van der Waals surface area contributed by atoms with Gasteiger partial charge in [-0.2, -0.15) is 0 Å². The summed E-state index contributed by atoms with van der Waals surface area (Å²) in [5.74, 6) is -3.70. The molecule has 0 spiro atoms. The molecule has 0 saturated heterocycles. The van der Waals surface area contributed by atoms with Crippen LogP contribution in [0.5, 0.6) is 0 Å². The van der Waals surface area contributed by atoms with Crippen molar-refractivity contribution in [2.45, 2.75) is 26.7 Å². The molecule has 0 radical (unpaired) electrons. The Morgan fingerprint density at radius 2 is 0.667 bits per heavy atom. The van der Waals surface area contributed by atoms with E-state index >= 15 is 0 Å². The maximum atomic E-state index is 13.5. The quantitative estimate of drug-likeness (QED) is 0.0663. The van der Waals surface area contributed by atoms with Crippen LogP contribution in [0.3, 0.4) is 0 Å². The summed E-state index contributed by atoms with van der Waals surface area (Å²) in [6.45, 7) is 13.5. The van der Waals surface area contributed by atoms with Crippen LogP contribution in [0.25, 0.3) is 0 Å². The molecule has 0 aromatic rings. The minimum atomic E-state index is -3.95. The molecule has 54 heavy (non-hydrogen) atoms. The van der Waals surface area contributed by atoms with Crippen LogP contribution in [0.1, 0.15) is 26.7 Å². The van der Waals surface area contributed by atoms with Crippen LogP contribution >= 0.6 is 7.60 Å². The van der Waals surface area contributed by atoms with Crippen molar-refractivity contribution in [3.63, 3.8) is 0 Å². The highest BCUT2D eigenvalue weighted by Crippen LogP contribution is 2.50. The Bertz CT molecular complexity index is 825. The number of rotatable bonds is 46. The Kier molecular flexibility index (Phi) is 40.2. The Morgan fingerprint density at radius 3 is 0.889 bits per heavy atom. The lowest BCUT2D eigenvalue weighted by molar-refractivity contribution is -0.142. The Labute approximate surface area is 320 Å². The molecule has 0 aliphatic rings. The Morgan fingerprint density at radius 1 is 0.426 bits per heavy atom. The van der Waals surface area contributed by atoms with Crippen molar-refractivity contribution in [2.75, 3.05) is 178 Å². The van der Waals surface area contributed by atoms with Crippen molar-refractivity contribution < 1.29 is 90.3 Å². The first-order valence-electron chi connectivity index (χ1n) is 18.6. The van der Waals surface area contributed by atoms with Gasteiger partial charge in [0.1, 0.15) is 0 Å². The normalized spacial score (nSPS) is 12.4. The summed E-state index contributed by atoms with van der Waals surface area (Å²) in [5.41, 5.74) is 0. The summed E-state index contributed by atoms with van der Waals surface area (Å²) in [7, 11) is -3.95. The summed E-state index contributed by atoms with van der Waals surface area (Å²) in [6, 6.07) is 0. The van der Waals surface area contributed by atoms with E-state index in [0.29, 0.717) is 132 Å². The number of carboxylic acid groups (broad SMARTS) is 2. The van der Waals surface area contributed by atoms with Gasteiger partial charge in [-0.05, 0) is 20.3 Å². The lowest BCUT2D eigenvalue weighted by atomic mass is 10.1. The summed E-state index contributed by atoms with van der Waals surface area (Å²) in [5, 5.41) is 18.6. The molecule has 0 bridgehead atoms. The number of hydrogen-bond donors (Lipinski definition) is 2. The zero-order valence-corrected chi connectivity index (χ0v) is 33.3. The van der Waals surface area contributed by atoms with Crippen molar-refractivity contribution in [3.05, 3.63) is 0 Å². The zero-order chi connectivity index (χ0) is 39.6. The summed E-state index contributed by atoms with van der Waals surface area (Å²) >= 11 is 0. The lowest BCUT2D eigenvalue weighted by Gasteiger charge is -2.22. The van der Waals surface area contributed by atoms with Crippen molar-refractivity contribution >= 4 is 19.5 Å². The highest BCUT2D eigenvalue weighted by atomic mass is 31.2. The molecule has 0 aromatic heterocycles. The van der Waals surface area contributed by atoms with E-state index in [2.05, 4.69) is 0 Å². The van der Waals surface area contributed by atoms with Crippen LogP contribution in [0.15, 0.2) is 0 Å². The molecule has 19 nitrogen and oxygen atoms in total. The van der Waals surface area contributed by atoms with Crippen molar-refractivity contribution in [1.29, 1.82) is 0 Å². The molecule has 0 heterocycles. The Hall–Kier alpha value is -1.39. The molecule has 0 fully saturated rings. The van der Waals surface area contributed by atoms with Gasteiger partial charge in [0.25, 0.3) is 0 Å². The monoisotopic (exact) mass is 810 g/mol. The zero-order valence-electron chi connectivity index (χ0n) is 32.4. The molecule has 2 N–H and O–H groups in total. The minimum absolute atomic E-state index is 0.0433. The van der Waals surface area contributed by atoms with Gasteiger partial charge in [-0.25, -0.2) is 0 Å². The van der Waals surface area contributed by atoms with Gasteiger partial charge in [0.2, 0.25) is 0 Å². The van der Waals surface area contributed by atoms with Crippen LogP contribution in [0.2, 0.25) is 0 Å². The van der Waals surface area contributed by atoms with Gasteiger partial charge < -0.3 is 76.1 Å². The van der Waals surface area contributed by atoms with E-state index in [-0.39, 0.29) is 46.1 Å². The molecule has 1 atom stereocenters. The molecule has 0 aliphatic heterocycles. The highest BCUT2D eigenvalue weighted by molar-refractivity contribution is 7.53. The standard InChI is InChI=1S/C34H67O19P/c1-3-40-7-9-42-11-13-44-15-17-46-19-21-48-23-25-50-27-29-52-54(39,31-32(34(37)38)5-6-33(35)36)53-30-28-51-26-24-49-22-20-47-18-16-45-14-12-43-10-8-41-4-2/h32H,3-31H2,1-2H3,(H,35,36)(H,37,38). The van der Waals surface area contributed by atoms with Gasteiger partial charge >= 0.3 is 19.5 Å². The molecule has 0 aromatic carbocycles. The minimum Gasteiger partial charge on any atom is -0.481 e. The Balaban J connectivity index is 4.07. The van der Waals surface area contributed by atoms with E-state index in [9.17, 15) is 19.3 Å². The molecule has 322 valence electrons. The van der Waals surface area contributed by atoms with Gasteiger partial charge in [0.05, 0.1) is 171 Å². The number of aliphatic carboxylic acids is 2. The highest BCUT2D eigenvalue weighted by Gasteiger charge is 2.33. The molecule has 1 unspecified atom stereocenters. The van der Waals surface area contributed by atoms with Gasteiger partial charge in [-0.3, -0.25) is 14.2 Å². The predicted octanol–water partition coefficient (Wildman–Crippen LogP) is 2.02. The largest absolute Gasteiger partial charge is 0.481 e. The van der Waals surface area contributed by atoms with Crippen LogP contribution in [-0.2, 0) is 80.0 Å². The number of ether oxygens (including phenoxy) is 12. The number of hydrogen-bond acceptors (Lipinski definition) is 17. The fourth-order valence-corrected chi connectivity index (χ4v) is 5.83. The topological polar surface area (TPSA) is 221 Å². The fourth-order valence-electron chi connectivity index (χ4n) is 3.96. The second kappa shape index (κ2) is 41.2. The third-order valence-corrected chi connectivity index (χ3v) is 8.70. The van der Waals surface area contributed by atoms with Crippen LogP contribution in [-0.4, -0.2) is 200 Å². The fraction of sp³-hybridized carbons (Fsp3) is 0.941. The first kappa shape index (κ1) is 52.6. The summed E-state index contributed by atoms with van der Waals surface area (Å²) in [4.78, 5) is 22.7. The molecule has 0 aliphatic carbocycles. The average molecular weight is 811 g/mol. The van der Waals surface area contributed by atoms with E-state index in [1.54, 1.807) is 0 Å². The SMILES string of the molecule is CCOCCOCCOCCOCCOCCOCCOP(=O)(CC(CCC(=O)O)C(=O)O)OCCOCCOCCOCCOCCOCCOCC. The average Bonchev–Trinajstić information content (AvgIpc) is 3.15. The molecular weight excluding hydrogens is 743 g/mol. The van der Waals surface area contributed by atoms with Crippen LogP contribution in [0, 0.1) is 5.92 Å². The van der Waals surface area contributed by atoms with Crippen molar-refractivity contribution in [1.82, 2.24) is 0 Å². The van der Waals surface area contributed by atoms with Gasteiger partial charge in [0, 0.05) is 19.6 Å². The maximum absolute atomic E-state index is 13.5. The smallest absolute Gasteiger partial charge is 0.331 e. The maximum Gasteiger partial charge on any atom is 0.331 e. The second-order valence-electron chi connectivity index (χ2n) is 10.9. The van der Waals surface area contributed by atoms with Crippen molar-refractivity contribution in [3.8, 4) is 0 Å². The van der Waals surface area contributed by atoms with E-state index in [0.717, 1.165) is 0 Å². The van der Waals surface area contributed by atoms with Gasteiger partial charge in [-0.15, -0.1) is 0 Å².